The summed E-state index contributed by atoms with van der Waals surface area (Å²) in [7, 11) is 1.78. The number of ether oxygens (including phenoxy) is 1. The van der Waals surface area contributed by atoms with E-state index in [9.17, 15) is 4.79 Å². The fraction of sp³-hybridized carbons (Fsp3) is 0.889. The standard InChI is InChI=1S/C9H16N2O2/c1-11-6-9(13-8(11)12)4-2-7(10)3-5-9/h7H,2-6,10H2,1H3. The maximum atomic E-state index is 11.2. The zero-order chi connectivity index (χ0) is 9.47. The van der Waals surface area contributed by atoms with Gasteiger partial charge in [-0.05, 0) is 25.7 Å². The van der Waals surface area contributed by atoms with E-state index < -0.39 is 0 Å². The van der Waals surface area contributed by atoms with Crippen molar-refractivity contribution in [3.05, 3.63) is 0 Å². The third-order valence-corrected chi connectivity index (χ3v) is 3.08. The highest BCUT2D eigenvalue weighted by molar-refractivity contribution is 5.70. The van der Waals surface area contributed by atoms with Crippen molar-refractivity contribution in [2.24, 2.45) is 5.73 Å². The molecule has 1 spiro atoms. The number of carbonyl (C=O) groups excluding carboxylic acids is 1. The molecule has 1 aliphatic carbocycles. The Hall–Kier alpha value is -0.770. The van der Waals surface area contributed by atoms with Crippen molar-refractivity contribution >= 4 is 6.09 Å². The summed E-state index contributed by atoms with van der Waals surface area (Å²) in [6.45, 7) is 0.735. The number of likely N-dealkylation sites (N-methyl/N-ethyl adjacent to an activating group) is 1. The van der Waals surface area contributed by atoms with Crippen molar-refractivity contribution in [2.45, 2.75) is 37.3 Å². The van der Waals surface area contributed by atoms with Crippen LogP contribution >= 0.6 is 0 Å². The van der Waals surface area contributed by atoms with Gasteiger partial charge in [-0.1, -0.05) is 0 Å². The second kappa shape index (κ2) is 2.87. The van der Waals surface area contributed by atoms with E-state index in [1.165, 1.54) is 0 Å². The number of nitrogens with two attached hydrogens (primary N) is 1. The first kappa shape index (κ1) is 8.81. The van der Waals surface area contributed by atoms with Crippen molar-refractivity contribution < 1.29 is 9.53 Å². The van der Waals surface area contributed by atoms with Gasteiger partial charge in [0.15, 0.2) is 0 Å². The molecule has 0 aromatic carbocycles. The highest BCUT2D eigenvalue weighted by Gasteiger charge is 2.45. The third kappa shape index (κ3) is 1.50. The van der Waals surface area contributed by atoms with Gasteiger partial charge in [0, 0.05) is 13.1 Å². The minimum atomic E-state index is -0.207. The van der Waals surface area contributed by atoms with Crippen molar-refractivity contribution in [2.75, 3.05) is 13.6 Å². The Morgan fingerprint density at radius 3 is 2.62 bits per heavy atom. The lowest BCUT2D eigenvalue weighted by Gasteiger charge is -2.33. The average molecular weight is 184 g/mol. The van der Waals surface area contributed by atoms with Crippen LogP contribution in [0.3, 0.4) is 0 Å². The van der Waals surface area contributed by atoms with Gasteiger partial charge >= 0.3 is 6.09 Å². The van der Waals surface area contributed by atoms with E-state index in [0.717, 1.165) is 32.2 Å². The molecule has 1 aliphatic heterocycles. The first-order valence-electron chi connectivity index (χ1n) is 4.81. The molecule has 0 unspecified atom stereocenters. The first-order valence-corrected chi connectivity index (χ1v) is 4.81. The first-order chi connectivity index (χ1) is 6.11. The van der Waals surface area contributed by atoms with E-state index in [1.54, 1.807) is 11.9 Å². The normalized spacial score (nSPS) is 39.7. The zero-order valence-corrected chi connectivity index (χ0v) is 7.95. The molecule has 0 radical (unpaired) electrons. The number of amides is 1. The topological polar surface area (TPSA) is 55.6 Å². The molecule has 0 bridgehead atoms. The predicted molar refractivity (Wildman–Crippen MR) is 48.3 cm³/mol. The van der Waals surface area contributed by atoms with Gasteiger partial charge in [0.2, 0.25) is 0 Å². The lowest BCUT2D eigenvalue weighted by Crippen LogP contribution is -2.41. The monoisotopic (exact) mass is 184 g/mol. The van der Waals surface area contributed by atoms with Crippen LogP contribution in [0.5, 0.6) is 0 Å². The second-order valence-corrected chi connectivity index (χ2v) is 4.24. The molecule has 4 heteroatoms. The fourth-order valence-electron chi connectivity index (χ4n) is 2.22. The summed E-state index contributed by atoms with van der Waals surface area (Å²) < 4.78 is 5.38. The Morgan fingerprint density at radius 2 is 2.15 bits per heavy atom. The molecule has 2 aliphatic rings. The summed E-state index contributed by atoms with van der Waals surface area (Å²) in [5.41, 5.74) is 5.59. The molecule has 4 nitrogen and oxygen atoms in total. The van der Waals surface area contributed by atoms with Gasteiger partial charge in [0.1, 0.15) is 5.60 Å². The molecule has 0 atom stereocenters. The summed E-state index contributed by atoms with van der Waals surface area (Å²) in [6, 6.07) is 0.301. The summed E-state index contributed by atoms with van der Waals surface area (Å²) in [5, 5.41) is 0. The van der Waals surface area contributed by atoms with E-state index in [-0.39, 0.29) is 11.7 Å². The molecular weight excluding hydrogens is 168 g/mol. The third-order valence-electron chi connectivity index (χ3n) is 3.08. The van der Waals surface area contributed by atoms with Crippen molar-refractivity contribution in [1.82, 2.24) is 4.90 Å². The van der Waals surface area contributed by atoms with E-state index in [2.05, 4.69) is 0 Å². The Bertz CT molecular complexity index is 222. The Kier molecular flexibility index (Phi) is 1.95. The molecule has 0 aromatic heterocycles. The summed E-state index contributed by atoms with van der Waals surface area (Å²) in [6.07, 6.45) is 3.60. The molecule has 1 saturated heterocycles. The molecule has 0 aromatic rings. The maximum absolute atomic E-state index is 11.2. The SMILES string of the molecule is CN1CC2(CCC(N)CC2)OC1=O. The summed E-state index contributed by atoms with van der Waals surface area (Å²) >= 11 is 0. The van der Waals surface area contributed by atoms with E-state index in [0.29, 0.717) is 6.04 Å². The number of hydrogen-bond donors (Lipinski definition) is 1. The van der Waals surface area contributed by atoms with E-state index in [4.69, 9.17) is 10.5 Å². The predicted octanol–water partition coefficient (Wildman–Crippen LogP) is 0.709. The van der Waals surface area contributed by atoms with Crippen LogP contribution < -0.4 is 5.73 Å². The molecular formula is C9H16N2O2. The molecule has 2 fully saturated rings. The number of rotatable bonds is 0. The van der Waals surface area contributed by atoms with Crippen LogP contribution in [0.25, 0.3) is 0 Å². The fourth-order valence-corrected chi connectivity index (χ4v) is 2.22. The Morgan fingerprint density at radius 1 is 1.54 bits per heavy atom. The second-order valence-electron chi connectivity index (χ2n) is 4.24. The highest BCUT2D eigenvalue weighted by atomic mass is 16.6. The largest absolute Gasteiger partial charge is 0.441 e. The number of hydrogen-bond acceptors (Lipinski definition) is 3. The highest BCUT2D eigenvalue weighted by Crippen LogP contribution is 2.35. The lowest BCUT2D eigenvalue weighted by atomic mass is 9.82. The molecule has 1 heterocycles. The molecule has 2 rings (SSSR count). The maximum Gasteiger partial charge on any atom is 0.410 e. The van der Waals surface area contributed by atoms with Gasteiger partial charge in [0.25, 0.3) is 0 Å². The van der Waals surface area contributed by atoms with E-state index >= 15 is 0 Å². The zero-order valence-electron chi connectivity index (χ0n) is 7.95. The average Bonchev–Trinajstić information content (AvgIpc) is 2.36. The van der Waals surface area contributed by atoms with Crippen LogP contribution in [0.2, 0.25) is 0 Å². The minimum Gasteiger partial charge on any atom is -0.441 e. The van der Waals surface area contributed by atoms with Crippen LogP contribution in [-0.2, 0) is 4.74 Å². The van der Waals surface area contributed by atoms with Gasteiger partial charge in [-0.3, -0.25) is 0 Å². The molecule has 74 valence electrons. The van der Waals surface area contributed by atoms with Gasteiger partial charge in [-0.2, -0.15) is 0 Å². The van der Waals surface area contributed by atoms with Gasteiger partial charge in [0.05, 0.1) is 6.54 Å². The quantitative estimate of drug-likeness (QED) is 0.603. The molecule has 2 N–H and O–H groups in total. The molecule has 13 heavy (non-hydrogen) atoms. The van der Waals surface area contributed by atoms with Crippen LogP contribution in [0.4, 0.5) is 4.79 Å². The smallest absolute Gasteiger partial charge is 0.410 e. The van der Waals surface area contributed by atoms with Crippen LogP contribution in [0.15, 0.2) is 0 Å². The van der Waals surface area contributed by atoms with Gasteiger partial charge in [-0.25, -0.2) is 4.79 Å². The van der Waals surface area contributed by atoms with Crippen molar-refractivity contribution in [3.63, 3.8) is 0 Å². The Balaban J connectivity index is 2.03. The van der Waals surface area contributed by atoms with Gasteiger partial charge < -0.3 is 15.4 Å². The van der Waals surface area contributed by atoms with Crippen molar-refractivity contribution in [1.29, 1.82) is 0 Å². The summed E-state index contributed by atoms with van der Waals surface area (Å²) in [5.74, 6) is 0. The van der Waals surface area contributed by atoms with Crippen molar-refractivity contribution in [3.8, 4) is 0 Å². The van der Waals surface area contributed by atoms with Crippen LogP contribution in [0.1, 0.15) is 25.7 Å². The van der Waals surface area contributed by atoms with Gasteiger partial charge in [-0.15, -0.1) is 0 Å². The molecule has 1 saturated carbocycles. The Labute approximate surface area is 78.0 Å². The van der Waals surface area contributed by atoms with Crippen LogP contribution in [-0.4, -0.2) is 36.2 Å². The van der Waals surface area contributed by atoms with Crippen LogP contribution in [0, 0.1) is 0 Å². The summed E-state index contributed by atoms with van der Waals surface area (Å²) in [4.78, 5) is 12.9. The minimum absolute atomic E-state index is 0.185. The number of carbonyl (C=O) groups is 1. The molecule has 1 amide bonds. The lowest BCUT2D eigenvalue weighted by molar-refractivity contribution is 0.0219. The van der Waals surface area contributed by atoms with E-state index in [1.807, 2.05) is 0 Å². The number of nitrogens with zero attached hydrogens (tertiary/aromatic N) is 1.